The Hall–Kier alpha value is -2.22. The number of aromatic nitrogens is 5. The van der Waals surface area contributed by atoms with Gasteiger partial charge in [-0.1, -0.05) is 0 Å². The van der Waals surface area contributed by atoms with E-state index in [1.54, 1.807) is 19.5 Å². The summed E-state index contributed by atoms with van der Waals surface area (Å²) in [6.45, 7) is 5.10. The molecule has 0 bridgehead atoms. The number of ether oxygens (including phenoxy) is 1. The van der Waals surface area contributed by atoms with Crippen molar-refractivity contribution in [2.75, 3.05) is 38.2 Å². The van der Waals surface area contributed by atoms with E-state index in [1.807, 2.05) is 0 Å². The van der Waals surface area contributed by atoms with Gasteiger partial charge in [-0.3, -0.25) is 4.90 Å². The van der Waals surface area contributed by atoms with Crippen molar-refractivity contribution in [1.82, 2.24) is 29.6 Å². The Kier molecular flexibility index (Phi) is 5.01. The maximum atomic E-state index is 5.15. The normalized spacial score (nSPS) is 21.3. The molecule has 2 aliphatic heterocycles. The largest absolute Gasteiger partial charge is 0.494 e. The summed E-state index contributed by atoms with van der Waals surface area (Å²) in [4.78, 5) is 13.6. The van der Waals surface area contributed by atoms with Crippen LogP contribution in [0.4, 0.5) is 5.95 Å². The van der Waals surface area contributed by atoms with Gasteiger partial charge in [-0.05, 0) is 38.8 Å². The maximum Gasteiger partial charge on any atom is 0.225 e. The molecule has 8 nitrogen and oxygen atoms in total. The lowest BCUT2D eigenvalue weighted by atomic mass is 9.97. The zero-order chi connectivity index (χ0) is 17.9. The van der Waals surface area contributed by atoms with Gasteiger partial charge in [-0.15, -0.1) is 10.2 Å². The molecule has 0 aromatic carbocycles. The Labute approximate surface area is 154 Å². The van der Waals surface area contributed by atoms with E-state index >= 15 is 0 Å². The predicted molar refractivity (Wildman–Crippen MR) is 98.3 cm³/mol. The molecule has 1 atom stereocenters. The van der Waals surface area contributed by atoms with Gasteiger partial charge in [0, 0.05) is 26.1 Å². The topological polar surface area (TPSA) is 72.2 Å². The lowest BCUT2D eigenvalue weighted by Gasteiger charge is -2.32. The Morgan fingerprint density at radius 1 is 1.08 bits per heavy atom. The van der Waals surface area contributed by atoms with Gasteiger partial charge in [0.15, 0.2) is 5.75 Å². The molecule has 2 fully saturated rings. The van der Waals surface area contributed by atoms with Gasteiger partial charge in [0.2, 0.25) is 5.95 Å². The summed E-state index contributed by atoms with van der Waals surface area (Å²) in [7, 11) is 3.73. The van der Waals surface area contributed by atoms with Crippen LogP contribution in [0.15, 0.2) is 12.4 Å². The number of anilines is 1. The third kappa shape index (κ3) is 3.51. The molecule has 0 radical (unpaired) electrons. The van der Waals surface area contributed by atoms with E-state index in [1.165, 1.54) is 25.9 Å². The number of rotatable bonds is 5. The highest BCUT2D eigenvalue weighted by Gasteiger charge is 2.27. The summed E-state index contributed by atoms with van der Waals surface area (Å²) in [5.74, 6) is 3.95. The summed E-state index contributed by atoms with van der Waals surface area (Å²) in [6, 6.07) is 0. The summed E-state index contributed by atoms with van der Waals surface area (Å²) in [5.41, 5.74) is 0. The summed E-state index contributed by atoms with van der Waals surface area (Å²) >= 11 is 0. The zero-order valence-corrected chi connectivity index (χ0v) is 15.6. The molecule has 8 heteroatoms. The van der Waals surface area contributed by atoms with Gasteiger partial charge in [-0.2, -0.15) is 0 Å². The Bertz CT molecular complexity index is 724. The minimum absolute atomic E-state index is 0.360. The fourth-order valence-corrected chi connectivity index (χ4v) is 3.96. The lowest BCUT2D eigenvalue weighted by Crippen LogP contribution is -2.36. The SMILES string of the molecule is COc1cnc(N2CCC[C@H](c3nnc(CN4CCCC4)n3C)C2)nc1. The molecule has 4 rings (SSSR count). The smallest absolute Gasteiger partial charge is 0.225 e. The molecule has 4 heterocycles. The molecule has 0 unspecified atom stereocenters. The molecule has 0 N–H and O–H groups in total. The number of hydrogen-bond acceptors (Lipinski definition) is 7. The van der Waals surface area contributed by atoms with Crippen molar-refractivity contribution in [3.8, 4) is 5.75 Å². The second kappa shape index (κ2) is 7.57. The lowest BCUT2D eigenvalue weighted by molar-refractivity contribution is 0.317. The molecule has 2 aromatic heterocycles. The molecule has 2 aliphatic rings. The van der Waals surface area contributed by atoms with Crippen LogP contribution >= 0.6 is 0 Å². The zero-order valence-electron chi connectivity index (χ0n) is 15.6. The van der Waals surface area contributed by atoms with Crippen LogP contribution in [-0.4, -0.2) is 62.9 Å². The molecular formula is C18H27N7O. The van der Waals surface area contributed by atoms with E-state index in [2.05, 4.69) is 41.6 Å². The van der Waals surface area contributed by atoms with E-state index in [0.717, 1.165) is 50.1 Å². The van der Waals surface area contributed by atoms with Crippen molar-refractivity contribution in [2.24, 2.45) is 7.05 Å². The predicted octanol–water partition coefficient (Wildman–Crippen LogP) is 1.59. The van der Waals surface area contributed by atoms with Crippen LogP contribution < -0.4 is 9.64 Å². The van der Waals surface area contributed by atoms with Crippen LogP contribution in [0.2, 0.25) is 0 Å². The highest BCUT2D eigenvalue weighted by atomic mass is 16.5. The summed E-state index contributed by atoms with van der Waals surface area (Å²) in [5, 5.41) is 9.02. The first-order valence-corrected chi connectivity index (χ1v) is 9.46. The third-order valence-electron chi connectivity index (χ3n) is 5.48. The minimum Gasteiger partial charge on any atom is -0.494 e. The number of methoxy groups -OCH3 is 1. The van der Waals surface area contributed by atoms with Gasteiger partial charge in [0.05, 0.1) is 26.0 Å². The highest BCUT2D eigenvalue weighted by molar-refractivity contribution is 5.33. The molecule has 2 aromatic rings. The summed E-state index contributed by atoms with van der Waals surface area (Å²) in [6.07, 6.45) is 8.27. The van der Waals surface area contributed by atoms with Crippen molar-refractivity contribution >= 4 is 5.95 Å². The first-order valence-electron chi connectivity index (χ1n) is 9.46. The standard InChI is InChI=1S/C18H27N7O/c1-23-16(13-24-7-3-4-8-24)21-22-17(23)14-6-5-9-25(12-14)18-19-10-15(26-2)11-20-18/h10-11,14H,3-9,12-13H2,1-2H3/t14-/m0/s1. The molecule has 0 spiro atoms. The molecular weight excluding hydrogens is 330 g/mol. The monoisotopic (exact) mass is 357 g/mol. The maximum absolute atomic E-state index is 5.15. The molecule has 2 saturated heterocycles. The second-order valence-corrected chi connectivity index (χ2v) is 7.22. The van der Waals surface area contributed by atoms with E-state index in [9.17, 15) is 0 Å². The molecule has 0 amide bonds. The Morgan fingerprint density at radius 3 is 2.58 bits per heavy atom. The minimum atomic E-state index is 0.360. The van der Waals surface area contributed by atoms with Crippen molar-refractivity contribution in [2.45, 2.75) is 38.1 Å². The Balaban J connectivity index is 1.46. The van der Waals surface area contributed by atoms with E-state index < -0.39 is 0 Å². The highest BCUT2D eigenvalue weighted by Crippen LogP contribution is 2.28. The number of likely N-dealkylation sites (tertiary alicyclic amines) is 1. The fourth-order valence-electron chi connectivity index (χ4n) is 3.96. The van der Waals surface area contributed by atoms with Gasteiger partial charge in [0.1, 0.15) is 11.6 Å². The van der Waals surface area contributed by atoms with Crippen molar-refractivity contribution in [1.29, 1.82) is 0 Å². The van der Waals surface area contributed by atoms with Crippen LogP contribution in [0.5, 0.6) is 5.75 Å². The van der Waals surface area contributed by atoms with E-state index in [-0.39, 0.29) is 0 Å². The van der Waals surface area contributed by atoms with Crippen LogP contribution in [0.1, 0.15) is 43.3 Å². The first kappa shape index (κ1) is 17.2. The number of nitrogens with zero attached hydrogens (tertiary/aromatic N) is 7. The third-order valence-corrected chi connectivity index (χ3v) is 5.48. The van der Waals surface area contributed by atoms with Crippen LogP contribution in [0.25, 0.3) is 0 Å². The average Bonchev–Trinajstić information content (AvgIpc) is 3.33. The van der Waals surface area contributed by atoms with Crippen LogP contribution in [0.3, 0.4) is 0 Å². The molecule has 0 saturated carbocycles. The van der Waals surface area contributed by atoms with E-state index in [4.69, 9.17) is 4.74 Å². The average molecular weight is 357 g/mol. The molecule has 140 valence electrons. The number of hydrogen-bond donors (Lipinski definition) is 0. The van der Waals surface area contributed by atoms with Crippen molar-refractivity contribution < 1.29 is 4.74 Å². The van der Waals surface area contributed by atoms with Gasteiger partial charge >= 0.3 is 0 Å². The van der Waals surface area contributed by atoms with Gasteiger partial charge in [-0.25, -0.2) is 9.97 Å². The Morgan fingerprint density at radius 2 is 1.85 bits per heavy atom. The second-order valence-electron chi connectivity index (χ2n) is 7.22. The van der Waals surface area contributed by atoms with Gasteiger partial charge in [0.25, 0.3) is 0 Å². The van der Waals surface area contributed by atoms with Gasteiger partial charge < -0.3 is 14.2 Å². The van der Waals surface area contributed by atoms with E-state index in [0.29, 0.717) is 11.7 Å². The first-order chi connectivity index (χ1) is 12.7. The summed E-state index contributed by atoms with van der Waals surface area (Å²) < 4.78 is 7.35. The quantitative estimate of drug-likeness (QED) is 0.805. The van der Waals surface area contributed by atoms with Crippen molar-refractivity contribution in [3.05, 3.63) is 24.0 Å². The van der Waals surface area contributed by atoms with Crippen LogP contribution in [0, 0.1) is 0 Å². The van der Waals surface area contributed by atoms with Crippen molar-refractivity contribution in [3.63, 3.8) is 0 Å². The number of piperidine rings is 1. The molecule has 0 aliphatic carbocycles. The molecule has 26 heavy (non-hydrogen) atoms. The fraction of sp³-hybridized carbons (Fsp3) is 0.667. The van der Waals surface area contributed by atoms with Crippen LogP contribution in [-0.2, 0) is 13.6 Å².